The number of halogens is 2. The van der Waals surface area contributed by atoms with Gasteiger partial charge in [-0.05, 0) is 30.9 Å². The maximum atomic E-state index is 6.01. The molecule has 1 unspecified atom stereocenters. The van der Waals surface area contributed by atoms with E-state index in [4.69, 9.17) is 23.2 Å². The van der Waals surface area contributed by atoms with Crippen molar-refractivity contribution in [3.63, 3.8) is 0 Å². The number of alkyl halides is 1. The molecule has 2 rings (SSSR count). The summed E-state index contributed by atoms with van der Waals surface area (Å²) >= 11 is 11.9. The number of anilines is 1. The van der Waals surface area contributed by atoms with E-state index in [1.165, 1.54) is 19.3 Å². The monoisotopic (exact) mass is 258 g/mol. The van der Waals surface area contributed by atoms with Crippen LogP contribution in [0.3, 0.4) is 0 Å². The average Bonchev–Trinajstić information content (AvgIpc) is 2.78. The minimum Gasteiger partial charge on any atom is -0.354 e. The molecule has 0 spiro atoms. The first kappa shape index (κ1) is 12.0. The molecule has 0 N–H and O–H groups in total. The molecule has 1 atom stereocenters. The Morgan fingerprint density at radius 1 is 1.56 bits per heavy atom. The maximum Gasteiger partial charge on any atom is 0.129 e. The zero-order valence-electron chi connectivity index (χ0n) is 9.42. The Kier molecular flexibility index (Phi) is 3.93. The van der Waals surface area contributed by atoms with Gasteiger partial charge in [-0.25, -0.2) is 4.98 Å². The lowest BCUT2D eigenvalue weighted by atomic mass is 10.1. The maximum absolute atomic E-state index is 6.01. The minimum absolute atomic E-state index is 0.443. The fraction of sp³-hybridized carbons (Fsp3) is 0.583. The molecule has 2 nitrogen and oxygen atoms in total. The van der Waals surface area contributed by atoms with Gasteiger partial charge in [0.1, 0.15) is 5.82 Å². The van der Waals surface area contributed by atoms with Gasteiger partial charge in [0.2, 0.25) is 0 Å². The molecule has 1 saturated heterocycles. The Balaban J connectivity index is 2.26. The zero-order valence-corrected chi connectivity index (χ0v) is 10.9. The van der Waals surface area contributed by atoms with Crippen molar-refractivity contribution in [3.8, 4) is 0 Å². The predicted molar refractivity (Wildman–Crippen MR) is 69.5 cm³/mol. The highest BCUT2D eigenvalue weighted by atomic mass is 35.5. The van der Waals surface area contributed by atoms with Crippen LogP contribution >= 0.6 is 23.2 Å². The number of rotatable bonds is 3. The van der Waals surface area contributed by atoms with Crippen LogP contribution in [0.5, 0.6) is 0 Å². The molecule has 88 valence electrons. The van der Waals surface area contributed by atoms with Crippen molar-refractivity contribution in [1.29, 1.82) is 0 Å². The highest BCUT2D eigenvalue weighted by Crippen LogP contribution is 2.28. The molecular weight excluding hydrogens is 243 g/mol. The first-order chi connectivity index (χ1) is 7.76. The Bertz CT molecular complexity index is 368. The van der Waals surface area contributed by atoms with Crippen molar-refractivity contribution in [1.82, 2.24) is 4.98 Å². The first-order valence-electron chi connectivity index (χ1n) is 5.73. The molecule has 0 amide bonds. The van der Waals surface area contributed by atoms with E-state index in [1.54, 1.807) is 6.20 Å². The molecule has 2 heterocycles. The summed E-state index contributed by atoms with van der Waals surface area (Å²) in [5, 5.41) is 0.658. The van der Waals surface area contributed by atoms with Crippen LogP contribution in [0.2, 0.25) is 5.02 Å². The van der Waals surface area contributed by atoms with E-state index in [0.29, 0.717) is 16.9 Å². The highest BCUT2D eigenvalue weighted by molar-refractivity contribution is 6.32. The van der Waals surface area contributed by atoms with Crippen LogP contribution in [0.25, 0.3) is 0 Å². The number of aromatic nitrogens is 1. The Morgan fingerprint density at radius 3 is 3.06 bits per heavy atom. The van der Waals surface area contributed by atoms with Crippen molar-refractivity contribution in [2.24, 2.45) is 0 Å². The van der Waals surface area contributed by atoms with E-state index >= 15 is 0 Å². The van der Waals surface area contributed by atoms with Crippen LogP contribution in [-0.2, 0) is 5.88 Å². The van der Waals surface area contributed by atoms with E-state index in [9.17, 15) is 0 Å². The van der Waals surface area contributed by atoms with E-state index in [2.05, 4.69) is 16.8 Å². The van der Waals surface area contributed by atoms with Gasteiger partial charge in [-0.1, -0.05) is 18.5 Å². The van der Waals surface area contributed by atoms with E-state index in [-0.39, 0.29) is 0 Å². The predicted octanol–water partition coefficient (Wildman–Crippen LogP) is 3.85. The number of pyridine rings is 1. The molecule has 1 aromatic heterocycles. The molecule has 16 heavy (non-hydrogen) atoms. The van der Waals surface area contributed by atoms with Crippen LogP contribution in [0.1, 0.15) is 31.7 Å². The topological polar surface area (TPSA) is 16.1 Å². The van der Waals surface area contributed by atoms with Gasteiger partial charge in [-0.2, -0.15) is 0 Å². The summed E-state index contributed by atoms with van der Waals surface area (Å²) < 4.78 is 0. The molecule has 0 bridgehead atoms. The van der Waals surface area contributed by atoms with Crippen LogP contribution in [0.15, 0.2) is 12.3 Å². The summed E-state index contributed by atoms with van der Waals surface area (Å²) in [6, 6.07) is 2.64. The fourth-order valence-corrected chi connectivity index (χ4v) is 2.75. The van der Waals surface area contributed by atoms with Crippen LogP contribution in [-0.4, -0.2) is 17.6 Å². The van der Waals surface area contributed by atoms with Gasteiger partial charge in [0.15, 0.2) is 0 Å². The summed E-state index contributed by atoms with van der Waals surface area (Å²) in [6.07, 6.45) is 5.39. The summed E-state index contributed by atoms with van der Waals surface area (Å²) in [4.78, 5) is 6.77. The first-order valence-corrected chi connectivity index (χ1v) is 6.64. The summed E-state index contributed by atoms with van der Waals surface area (Å²) in [5.74, 6) is 1.46. The third-order valence-electron chi connectivity index (χ3n) is 3.21. The molecule has 1 aliphatic heterocycles. The van der Waals surface area contributed by atoms with E-state index in [1.807, 2.05) is 6.07 Å². The van der Waals surface area contributed by atoms with Crippen molar-refractivity contribution >= 4 is 29.0 Å². The van der Waals surface area contributed by atoms with Gasteiger partial charge in [0.25, 0.3) is 0 Å². The second-order valence-corrected chi connectivity index (χ2v) is 4.84. The minimum atomic E-state index is 0.443. The largest absolute Gasteiger partial charge is 0.354 e. The molecule has 0 saturated carbocycles. The third kappa shape index (κ3) is 2.28. The Morgan fingerprint density at radius 2 is 2.38 bits per heavy atom. The van der Waals surface area contributed by atoms with Crippen LogP contribution in [0, 0.1) is 0 Å². The van der Waals surface area contributed by atoms with Crippen molar-refractivity contribution < 1.29 is 0 Å². The third-order valence-corrected chi connectivity index (χ3v) is 3.84. The lowest BCUT2D eigenvalue weighted by molar-refractivity contribution is 0.640. The summed E-state index contributed by atoms with van der Waals surface area (Å²) in [6.45, 7) is 3.32. The van der Waals surface area contributed by atoms with Gasteiger partial charge in [0, 0.05) is 24.7 Å². The van der Waals surface area contributed by atoms with Gasteiger partial charge in [0.05, 0.1) is 5.02 Å². The lowest BCUT2D eigenvalue weighted by Crippen LogP contribution is -2.29. The van der Waals surface area contributed by atoms with Crippen LogP contribution < -0.4 is 4.90 Å². The fourth-order valence-electron chi connectivity index (χ4n) is 2.29. The normalized spacial score (nSPS) is 20.4. The van der Waals surface area contributed by atoms with Gasteiger partial charge < -0.3 is 4.90 Å². The molecular formula is C12H16Cl2N2. The molecule has 0 aliphatic carbocycles. The van der Waals surface area contributed by atoms with Crippen molar-refractivity contribution in [2.45, 2.75) is 38.1 Å². The van der Waals surface area contributed by atoms with Crippen molar-refractivity contribution in [2.75, 3.05) is 11.4 Å². The smallest absolute Gasteiger partial charge is 0.129 e. The summed E-state index contributed by atoms with van der Waals surface area (Å²) in [5.41, 5.74) is 0.968. The van der Waals surface area contributed by atoms with Crippen molar-refractivity contribution in [3.05, 3.63) is 22.8 Å². The van der Waals surface area contributed by atoms with E-state index < -0.39 is 0 Å². The SMILES string of the molecule is CCC1CCCN1c1cc(CCl)c(Cl)cn1. The highest BCUT2D eigenvalue weighted by Gasteiger charge is 2.24. The summed E-state index contributed by atoms with van der Waals surface area (Å²) in [7, 11) is 0. The Labute approximate surface area is 107 Å². The molecule has 0 radical (unpaired) electrons. The lowest BCUT2D eigenvalue weighted by Gasteiger charge is -2.25. The zero-order chi connectivity index (χ0) is 11.5. The molecule has 1 aliphatic rings. The van der Waals surface area contributed by atoms with Gasteiger partial charge in [-0.15, -0.1) is 11.6 Å². The number of hydrogen-bond acceptors (Lipinski definition) is 2. The number of nitrogens with zero attached hydrogens (tertiary/aromatic N) is 2. The second kappa shape index (κ2) is 5.24. The molecule has 4 heteroatoms. The molecule has 1 aromatic rings. The molecule has 0 aromatic carbocycles. The van der Waals surface area contributed by atoms with Gasteiger partial charge in [-0.3, -0.25) is 0 Å². The molecule has 1 fully saturated rings. The standard InChI is InChI=1S/C12H16Cl2N2/c1-2-10-4-3-5-16(10)12-6-9(7-13)11(14)8-15-12/h6,8,10H,2-5,7H2,1H3. The second-order valence-electron chi connectivity index (χ2n) is 4.17. The van der Waals surface area contributed by atoms with Crippen LogP contribution in [0.4, 0.5) is 5.82 Å². The van der Waals surface area contributed by atoms with E-state index in [0.717, 1.165) is 17.9 Å². The Hall–Kier alpha value is -0.470. The number of hydrogen-bond donors (Lipinski definition) is 0. The van der Waals surface area contributed by atoms with Gasteiger partial charge >= 0.3 is 0 Å². The quantitative estimate of drug-likeness (QED) is 0.766. The average molecular weight is 259 g/mol.